The Kier molecular flexibility index (Phi) is 3.98. The van der Waals surface area contributed by atoms with E-state index in [1.807, 2.05) is 14.1 Å². The molecule has 1 heterocycles. The van der Waals surface area contributed by atoms with E-state index < -0.39 is 0 Å². The van der Waals surface area contributed by atoms with E-state index in [0.29, 0.717) is 5.69 Å². The summed E-state index contributed by atoms with van der Waals surface area (Å²) in [4.78, 5) is 20.0. The number of carbonyl (C=O) groups excluding carboxylic acids is 1. The van der Waals surface area contributed by atoms with Gasteiger partial charge in [-0.05, 0) is 26.2 Å². The number of hydrogen-bond donors (Lipinski definition) is 0. The number of isocyanates is 1. The van der Waals surface area contributed by atoms with Crippen LogP contribution in [0.3, 0.4) is 0 Å². The van der Waals surface area contributed by atoms with Crippen molar-refractivity contribution in [2.45, 2.75) is 6.42 Å². The molecule has 0 aliphatic heterocycles. The van der Waals surface area contributed by atoms with Crippen LogP contribution in [-0.4, -0.2) is 36.6 Å². The summed E-state index contributed by atoms with van der Waals surface area (Å²) in [6, 6.07) is 3.53. The summed E-state index contributed by atoms with van der Waals surface area (Å²) in [7, 11) is 3.98. The van der Waals surface area contributed by atoms with Gasteiger partial charge in [0.2, 0.25) is 6.08 Å². The normalized spacial score (nSPS) is 9.93. The minimum absolute atomic E-state index is 0.615. The first kappa shape index (κ1) is 10.6. The first-order chi connectivity index (χ1) is 6.74. The van der Waals surface area contributed by atoms with Gasteiger partial charge in [0.15, 0.2) is 0 Å². The predicted octanol–water partition coefficient (Wildman–Crippen LogP) is 1.15. The van der Waals surface area contributed by atoms with Crippen molar-refractivity contribution >= 4 is 11.8 Å². The molecule has 14 heavy (non-hydrogen) atoms. The minimum atomic E-state index is 0.615. The lowest BCUT2D eigenvalue weighted by molar-refractivity contribution is 0.412. The van der Waals surface area contributed by atoms with Gasteiger partial charge < -0.3 is 4.90 Å². The molecule has 0 fully saturated rings. The molecule has 0 N–H and O–H groups in total. The van der Waals surface area contributed by atoms with Gasteiger partial charge >= 0.3 is 0 Å². The van der Waals surface area contributed by atoms with E-state index in [1.54, 1.807) is 18.3 Å². The van der Waals surface area contributed by atoms with Gasteiger partial charge in [0, 0.05) is 19.2 Å². The fourth-order valence-electron chi connectivity index (χ4n) is 1.10. The molecule has 0 saturated carbocycles. The average Bonchev–Trinajstić information content (AvgIpc) is 2.17. The molecule has 0 aliphatic carbocycles. The number of hydrogen-bond acceptors (Lipinski definition) is 4. The largest absolute Gasteiger partial charge is 0.309 e. The summed E-state index contributed by atoms with van der Waals surface area (Å²) in [5, 5.41) is 0. The fraction of sp³-hybridized carbons (Fsp3) is 0.400. The second kappa shape index (κ2) is 5.27. The van der Waals surface area contributed by atoms with Crippen LogP contribution in [0.15, 0.2) is 23.3 Å². The third-order valence-corrected chi connectivity index (χ3v) is 1.83. The summed E-state index contributed by atoms with van der Waals surface area (Å²) >= 11 is 0. The van der Waals surface area contributed by atoms with E-state index in [9.17, 15) is 4.79 Å². The molecule has 1 rings (SSSR count). The third-order valence-electron chi connectivity index (χ3n) is 1.83. The molecular formula is C10H13N3O. The fourth-order valence-corrected chi connectivity index (χ4v) is 1.10. The zero-order chi connectivity index (χ0) is 10.4. The van der Waals surface area contributed by atoms with Crippen LogP contribution >= 0.6 is 0 Å². The summed E-state index contributed by atoms with van der Waals surface area (Å²) in [5.74, 6) is 0. The minimum Gasteiger partial charge on any atom is -0.309 e. The van der Waals surface area contributed by atoms with Crippen molar-refractivity contribution in [3.05, 3.63) is 24.0 Å². The van der Waals surface area contributed by atoms with Gasteiger partial charge in [-0.25, -0.2) is 4.79 Å². The highest BCUT2D eigenvalue weighted by molar-refractivity contribution is 5.51. The third kappa shape index (κ3) is 3.09. The van der Waals surface area contributed by atoms with E-state index in [1.165, 1.54) is 6.08 Å². The smallest absolute Gasteiger partial charge is 0.240 e. The standard InChI is InChI=1S/C10H13N3O/c1-13(2)7-5-10-9(12-8-14)4-3-6-11-10/h3-4,6H,5,7H2,1-2H3. The van der Waals surface area contributed by atoms with Crippen LogP contribution in [0.2, 0.25) is 0 Å². The highest BCUT2D eigenvalue weighted by Crippen LogP contribution is 2.15. The zero-order valence-electron chi connectivity index (χ0n) is 8.40. The Morgan fingerprint density at radius 1 is 1.57 bits per heavy atom. The molecule has 0 aromatic carbocycles. The second-order valence-corrected chi connectivity index (χ2v) is 3.23. The summed E-state index contributed by atoms with van der Waals surface area (Å²) in [6.45, 7) is 0.887. The molecule has 1 aromatic heterocycles. The van der Waals surface area contributed by atoms with E-state index >= 15 is 0 Å². The predicted molar refractivity (Wildman–Crippen MR) is 54.3 cm³/mol. The Morgan fingerprint density at radius 3 is 3.00 bits per heavy atom. The summed E-state index contributed by atoms with van der Waals surface area (Å²) < 4.78 is 0. The number of aliphatic imine (C=N–C) groups is 1. The Hall–Kier alpha value is -1.51. The first-order valence-electron chi connectivity index (χ1n) is 4.40. The molecule has 74 valence electrons. The van der Waals surface area contributed by atoms with Crippen LogP contribution in [0.1, 0.15) is 5.69 Å². The van der Waals surface area contributed by atoms with Crippen LogP contribution in [0.5, 0.6) is 0 Å². The van der Waals surface area contributed by atoms with Gasteiger partial charge in [0.25, 0.3) is 0 Å². The van der Waals surface area contributed by atoms with Gasteiger partial charge in [0.05, 0.1) is 11.4 Å². The van der Waals surface area contributed by atoms with Gasteiger partial charge in [-0.15, -0.1) is 0 Å². The number of likely N-dealkylation sites (N-methyl/N-ethyl adjacent to an activating group) is 1. The zero-order valence-corrected chi connectivity index (χ0v) is 8.40. The molecular weight excluding hydrogens is 178 g/mol. The Morgan fingerprint density at radius 2 is 2.36 bits per heavy atom. The number of pyridine rings is 1. The van der Waals surface area contributed by atoms with E-state index in [2.05, 4.69) is 14.9 Å². The van der Waals surface area contributed by atoms with Crippen molar-refractivity contribution in [1.29, 1.82) is 0 Å². The van der Waals surface area contributed by atoms with Gasteiger partial charge in [-0.2, -0.15) is 4.99 Å². The second-order valence-electron chi connectivity index (χ2n) is 3.23. The molecule has 1 aromatic rings. The molecule has 0 atom stereocenters. The van der Waals surface area contributed by atoms with Crippen LogP contribution in [-0.2, 0) is 11.2 Å². The van der Waals surface area contributed by atoms with E-state index in [4.69, 9.17) is 0 Å². The Labute approximate surface area is 83.3 Å². The quantitative estimate of drug-likeness (QED) is 0.530. The molecule has 0 amide bonds. The van der Waals surface area contributed by atoms with Crippen molar-refractivity contribution in [3.63, 3.8) is 0 Å². The number of nitrogens with zero attached hydrogens (tertiary/aromatic N) is 3. The highest BCUT2D eigenvalue weighted by Gasteiger charge is 2.02. The summed E-state index contributed by atoms with van der Waals surface area (Å²) in [5.41, 5.74) is 1.45. The molecule has 0 saturated heterocycles. The maximum Gasteiger partial charge on any atom is 0.240 e. The lowest BCUT2D eigenvalue weighted by Gasteiger charge is -2.09. The summed E-state index contributed by atoms with van der Waals surface area (Å²) in [6.07, 6.45) is 4.02. The van der Waals surface area contributed by atoms with E-state index in [-0.39, 0.29) is 0 Å². The highest BCUT2D eigenvalue weighted by atomic mass is 16.1. The maximum atomic E-state index is 10.1. The average molecular weight is 191 g/mol. The van der Waals surface area contributed by atoms with E-state index in [0.717, 1.165) is 18.7 Å². The van der Waals surface area contributed by atoms with Crippen LogP contribution in [0, 0.1) is 0 Å². The maximum absolute atomic E-state index is 10.1. The Bertz CT molecular complexity index is 343. The molecule has 0 aliphatic rings. The van der Waals surface area contributed by atoms with Crippen molar-refractivity contribution in [1.82, 2.24) is 9.88 Å². The molecule has 4 nitrogen and oxygen atoms in total. The SMILES string of the molecule is CN(C)CCc1ncccc1N=C=O. The lowest BCUT2D eigenvalue weighted by Crippen LogP contribution is -2.15. The van der Waals surface area contributed by atoms with Crippen LogP contribution < -0.4 is 0 Å². The van der Waals surface area contributed by atoms with Gasteiger partial charge in [-0.1, -0.05) is 0 Å². The molecule has 0 bridgehead atoms. The molecule has 4 heteroatoms. The van der Waals surface area contributed by atoms with Crippen molar-refractivity contribution in [2.75, 3.05) is 20.6 Å². The van der Waals surface area contributed by atoms with Crippen molar-refractivity contribution < 1.29 is 4.79 Å². The van der Waals surface area contributed by atoms with Gasteiger partial charge in [0.1, 0.15) is 0 Å². The molecule has 0 radical (unpaired) electrons. The first-order valence-corrected chi connectivity index (χ1v) is 4.40. The molecule has 0 unspecified atom stereocenters. The van der Waals surface area contributed by atoms with Crippen LogP contribution in [0.4, 0.5) is 5.69 Å². The molecule has 0 spiro atoms. The topological polar surface area (TPSA) is 45.6 Å². The lowest BCUT2D eigenvalue weighted by atomic mass is 10.2. The Balaban J connectivity index is 2.79. The van der Waals surface area contributed by atoms with Crippen molar-refractivity contribution in [3.8, 4) is 0 Å². The van der Waals surface area contributed by atoms with Crippen molar-refractivity contribution in [2.24, 2.45) is 4.99 Å². The monoisotopic (exact) mass is 191 g/mol. The van der Waals surface area contributed by atoms with Gasteiger partial charge in [-0.3, -0.25) is 4.98 Å². The number of rotatable bonds is 4. The number of aromatic nitrogens is 1. The van der Waals surface area contributed by atoms with Crippen LogP contribution in [0.25, 0.3) is 0 Å².